The zero-order valence-electron chi connectivity index (χ0n) is 11.6. The third kappa shape index (κ3) is 12.6. The number of rotatable bonds is 12. The van der Waals surface area contributed by atoms with Crippen molar-refractivity contribution in [3.63, 3.8) is 0 Å². The molecule has 0 aromatic heterocycles. The summed E-state index contributed by atoms with van der Waals surface area (Å²) >= 11 is 1.36. The number of hydrogen-bond acceptors (Lipinski definition) is 9. The maximum absolute atomic E-state index is 11.2. The fourth-order valence-corrected chi connectivity index (χ4v) is 1.87. The maximum Gasteiger partial charge on any atom is 0.306 e. The van der Waals surface area contributed by atoms with Crippen LogP contribution >= 0.6 is 11.8 Å². The van der Waals surface area contributed by atoms with Gasteiger partial charge in [-0.3, -0.25) is 9.59 Å². The van der Waals surface area contributed by atoms with Crippen LogP contribution in [-0.2, 0) is 19.1 Å². The molecule has 0 radical (unpaired) electrons. The molecular weight excluding hydrogens is 304 g/mol. The fourth-order valence-electron chi connectivity index (χ4n) is 1.04. The third-order valence-electron chi connectivity index (χ3n) is 2.20. The number of carbonyl (C=O) groups excluding carboxylic acids is 2. The van der Waals surface area contributed by atoms with Crippen LogP contribution in [0.4, 0.5) is 0 Å². The number of thioether (sulfide) groups is 1. The molecule has 21 heavy (non-hydrogen) atoms. The molecule has 2 atom stereocenters. The lowest BCUT2D eigenvalue weighted by Crippen LogP contribution is -2.22. The van der Waals surface area contributed by atoms with E-state index in [1.807, 2.05) is 0 Å². The zero-order chi connectivity index (χ0) is 16.1. The van der Waals surface area contributed by atoms with E-state index in [1.54, 1.807) is 0 Å². The summed E-state index contributed by atoms with van der Waals surface area (Å²) in [4.78, 5) is 22.4. The number of esters is 2. The highest BCUT2D eigenvalue weighted by Crippen LogP contribution is 2.06. The van der Waals surface area contributed by atoms with Gasteiger partial charge in [-0.25, -0.2) is 0 Å². The first-order valence-corrected chi connectivity index (χ1v) is 7.61. The molecule has 0 fully saturated rings. The molecule has 0 aliphatic rings. The Morgan fingerprint density at radius 3 is 1.57 bits per heavy atom. The van der Waals surface area contributed by atoms with E-state index < -0.39 is 37.4 Å². The maximum atomic E-state index is 11.2. The number of hydrogen-bond donors (Lipinski definition) is 4. The van der Waals surface area contributed by atoms with Crippen molar-refractivity contribution in [3.05, 3.63) is 0 Å². The van der Waals surface area contributed by atoms with Gasteiger partial charge in [-0.05, 0) is 0 Å². The first kappa shape index (κ1) is 20.1. The van der Waals surface area contributed by atoms with Crippen molar-refractivity contribution in [2.24, 2.45) is 0 Å². The lowest BCUT2D eigenvalue weighted by Gasteiger charge is -2.09. The van der Waals surface area contributed by atoms with Gasteiger partial charge in [0.1, 0.15) is 25.4 Å². The van der Waals surface area contributed by atoms with Crippen LogP contribution < -0.4 is 0 Å². The molecule has 0 saturated carbocycles. The van der Waals surface area contributed by atoms with Crippen molar-refractivity contribution < 1.29 is 39.5 Å². The van der Waals surface area contributed by atoms with Crippen LogP contribution in [0.15, 0.2) is 0 Å². The molecule has 0 bridgehead atoms. The Balaban J connectivity index is 3.46. The quantitative estimate of drug-likeness (QED) is 0.244. The molecule has 8 nitrogen and oxygen atoms in total. The van der Waals surface area contributed by atoms with Crippen LogP contribution in [0, 0.1) is 0 Å². The zero-order valence-corrected chi connectivity index (χ0v) is 12.5. The molecule has 4 N–H and O–H groups in total. The minimum atomic E-state index is -1.06. The average Bonchev–Trinajstić information content (AvgIpc) is 2.49. The van der Waals surface area contributed by atoms with Crippen LogP contribution in [0.2, 0.25) is 0 Å². The highest BCUT2D eigenvalue weighted by Gasteiger charge is 2.09. The Morgan fingerprint density at radius 2 is 1.24 bits per heavy atom. The van der Waals surface area contributed by atoms with Gasteiger partial charge in [0.15, 0.2) is 0 Å². The first-order valence-electron chi connectivity index (χ1n) is 6.46. The Kier molecular flexibility index (Phi) is 12.3. The molecule has 0 aliphatic carbocycles. The van der Waals surface area contributed by atoms with E-state index in [0.29, 0.717) is 11.5 Å². The lowest BCUT2D eigenvalue weighted by atomic mass is 10.4. The standard InChI is InChI=1S/C12H22O8S/c13-5-9(15)7-19-11(17)1-3-21-4-2-12(18)20-8-10(16)6-14/h9-10,13-16H,1-8H2. The topological polar surface area (TPSA) is 134 Å². The van der Waals surface area contributed by atoms with Crippen LogP contribution in [0.25, 0.3) is 0 Å². The third-order valence-corrected chi connectivity index (χ3v) is 3.18. The summed E-state index contributed by atoms with van der Waals surface area (Å²) in [7, 11) is 0. The van der Waals surface area contributed by atoms with Gasteiger partial charge in [0.05, 0.1) is 26.1 Å². The van der Waals surface area contributed by atoms with Crippen molar-refractivity contribution >= 4 is 23.7 Å². The summed E-state index contributed by atoms with van der Waals surface area (Å²) in [5.74, 6) is -0.0476. The van der Waals surface area contributed by atoms with Gasteiger partial charge in [0, 0.05) is 11.5 Å². The Morgan fingerprint density at radius 1 is 0.857 bits per heavy atom. The van der Waals surface area contributed by atoms with Crippen LogP contribution in [-0.4, -0.2) is 82.5 Å². The SMILES string of the molecule is O=C(CCSCCC(=O)OCC(O)CO)OCC(O)CO. The normalized spacial score (nSPS) is 13.5. The molecule has 0 saturated heterocycles. The Bertz CT molecular complexity index is 271. The molecular formula is C12H22O8S. The van der Waals surface area contributed by atoms with E-state index in [2.05, 4.69) is 0 Å². The lowest BCUT2D eigenvalue weighted by molar-refractivity contribution is -0.147. The van der Waals surface area contributed by atoms with Gasteiger partial charge in [-0.15, -0.1) is 0 Å². The minimum Gasteiger partial charge on any atom is -0.463 e. The summed E-state index contributed by atoms with van der Waals surface area (Å²) in [5, 5.41) is 35.0. The second kappa shape index (κ2) is 12.8. The van der Waals surface area contributed by atoms with Gasteiger partial charge in [0.25, 0.3) is 0 Å². The predicted octanol–water partition coefficient (Wildman–Crippen LogP) is -1.71. The molecule has 9 heteroatoms. The van der Waals surface area contributed by atoms with E-state index in [9.17, 15) is 9.59 Å². The van der Waals surface area contributed by atoms with Crippen molar-refractivity contribution in [2.75, 3.05) is 37.9 Å². The minimum absolute atomic E-state index is 0.140. The number of aliphatic hydroxyl groups is 4. The Labute approximate surface area is 127 Å². The van der Waals surface area contributed by atoms with E-state index >= 15 is 0 Å². The highest BCUT2D eigenvalue weighted by atomic mass is 32.2. The summed E-state index contributed by atoms with van der Waals surface area (Å²) in [6.45, 7) is -1.40. The van der Waals surface area contributed by atoms with Gasteiger partial charge in [-0.2, -0.15) is 11.8 Å². The van der Waals surface area contributed by atoms with Crippen molar-refractivity contribution in [3.8, 4) is 0 Å². The second-order valence-corrected chi connectivity index (χ2v) is 5.38. The molecule has 0 amide bonds. The van der Waals surface area contributed by atoms with Crippen molar-refractivity contribution in [1.82, 2.24) is 0 Å². The van der Waals surface area contributed by atoms with E-state index in [1.165, 1.54) is 11.8 Å². The summed E-state index contributed by atoms with van der Waals surface area (Å²) in [5.41, 5.74) is 0. The molecule has 0 aromatic rings. The molecule has 0 rings (SSSR count). The van der Waals surface area contributed by atoms with E-state index in [0.717, 1.165) is 0 Å². The number of carbonyl (C=O) groups is 2. The summed E-state index contributed by atoms with van der Waals surface area (Å²) < 4.78 is 9.39. The van der Waals surface area contributed by atoms with Gasteiger partial charge >= 0.3 is 11.9 Å². The first-order chi connectivity index (χ1) is 9.99. The summed E-state index contributed by atoms with van der Waals surface area (Å²) in [6, 6.07) is 0. The second-order valence-electron chi connectivity index (χ2n) is 4.15. The fraction of sp³-hybridized carbons (Fsp3) is 0.833. The van der Waals surface area contributed by atoms with Crippen molar-refractivity contribution in [2.45, 2.75) is 25.0 Å². The van der Waals surface area contributed by atoms with Crippen LogP contribution in [0.5, 0.6) is 0 Å². The summed E-state index contributed by atoms with van der Waals surface area (Å²) in [6.07, 6.45) is -1.85. The predicted molar refractivity (Wildman–Crippen MR) is 74.7 cm³/mol. The highest BCUT2D eigenvalue weighted by molar-refractivity contribution is 7.99. The van der Waals surface area contributed by atoms with E-state index in [4.69, 9.17) is 29.9 Å². The average molecular weight is 326 g/mol. The molecule has 0 aliphatic heterocycles. The van der Waals surface area contributed by atoms with Crippen LogP contribution in [0.3, 0.4) is 0 Å². The number of aliphatic hydroxyl groups excluding tert-OH is 4. The van der Waals surface area contributed by atoms with Gasteiger partial charge in [-0.1, -0.05) is 0 Å². The molecule has 2 unspecified atom stereocenters. The number of ether oxygens (including phenoxy) is 2. The smallest absolute Gasteiger partial charge is 0.306 e. The Hall–Kier alpha value is -0.870. The van der Waals surface area contributed by atoms with Gasteiger partial charge < -0.3 is 29.9 Å². The molecule has 124 valence electrons. The van der Waals surface area contributed by atoms with Crippen LogP contribution in [0.1, 0.15) is 12.8 Å². The van der Waals surface area contributed by atoms with Gasteiger partial charge in [0.2, 0.25) is 0 Å². The molecule has 0 heterocycles. The molecule has 0 spiro atoms. The van der Waals surface area contributed by atoms with E-state index in [-0.39, 0.29) is 26.1 Å². The monoisotopic (exact) mass is 326 g/mol. The largest absolute Gasteiger partial charge is 0.463 e. The van der Waals surface area contributed by atoms with Crippen molar-refractivity contribution in [1.29, 1.82) is 0 Å². The molecule has 0 aromatic carbocycles.